The lowest BCUT2D eigenvalue weighted by Gasteiger charge is -2.14. The summed E-state index contributed by atoms with van der Waals surface area (Å²) >= 11 is 0. The molecule has 0 amide bonds. The van der Waals surface area contributed by atoms with Crippen LogP contribution in [0.25, 0.3) is 0 Å². The number of ether oxygens (including phenoxy) is 1. The number of benzene rings is 3. The van der Waals surface area contributed by atoms with Crippen molar-refractivity contribution in [3.63, 3.8) is 0 Å². The third kappa shape index (κ3) is 4.32. The van der Waals surface area contributed by atoms with E-state index >= 15 is 0 Å². The molecule has 0 aromatic heterocycles. The Morgan fingerprint density at radius 3 is 2.08 bits per heavy atom. The largest absolute Gasteiger partial charge is 0.457 e. The van der Waals surface area contributed by atoms with E-state index in [1.807, 2.05) is 42.5 Å². The van der Waals surface area contributed by atoms with Crippen molar-refractivity contribution in [2.75, 3.05) is 5.73 Å². The molecule has 5 heteroatoms. The fourth-order valence-electron chi connectivity index (χ4n) is 2.49. The summed E-state index contributed by atoms with van der Waals surface area (Å²) in [6, 6.07) is 20.4. The average molecular weight is 343 g/mol. The summed E-state index contributed by atoms with van der Waals surface area (Å²) in [7, 11) is 0. The standard InChI is InChI=1S/C20H16F3NO/c21-20(22,23)18-13-16(24)8-11-19(18)25-17-9-6-15(7-10-17)12-14-4-2-1-3-5-14/h1-11,13H,12,24H2. The zero-order valence-corrected chi connectivity index (χ0v) is 13.3. The third-order valence-corrected chi connectivity index (χ3v) is 3.71. The molecule has 25 heavy (non-hydrogen) atoms. The van der Waals surface area contributed by atoms with Crippen molar-refractivity contribution in [1.82, 2.24) is 0 Å². The van der Waals surface area contributed by atoms with Gasteiger partial charge in [0.2, 0.25) is 0 Å². The summed E-state index contributed by atoms with van der Waals surface area (Å²) in [5.74, 6) is 0.0737. The molecule has 0 aliphatic rings. The summed E-state index contributed by atoms with van der Waals surface area (Å²) in [5, 5.41) is 0. The van der Waals surface area contributed by atoms with Crippen LogP contribution in [0.2, 0.25) is 0 Å². The van der Waals surface area contributed by atoms with Crippen LogP contribution in [-0.4, -0.2) is 0 Å². The van der Waals surface area contributed by atoms with Crippen molar-refractivity contribution in [3.05, 3.63) is 89.5 Å². The minimum absolute atomic E-state index is 0.0397. The van der Waals surface area contributed by atoms with Gasteiger partial charge in [0, 0.05) is 5.69 Å². The van der Waals surface area contributed by atoms with Gasteiger partial charge >= 0.3 is 6.18 Å². The van der Waals surface area contributed by atoms with Crippen LogP contribution < -0.4 is 10.5 Å². The SMILES string of the molecule is Nc1ccc(Oc2ccc(Cc3ccccc3)cc2)c(C(F)(F)F)c1. The Morgan fingerprint density at radius 1 is 0.800 bits per heavy atom. The number of rotatable bonds is 4. The summed E-state index contributed by atoms with van der Waals surface area (Å²) in [6.45, 7) is 0. The van der Waals surface area contributed by atoms with E-state index in [0.29, 0.717) is 5.75 Å². The second-order valence-corrected chi connectivity index (χ2v) is 5.66. The highest BCUT2D eigenvalue weighted by molar-refractivity contribution is 5.50. The van der Waals surface area contributed by atoms with E-state index in [1.54, 1.807) is 12.1 Å². The molecule has 0 fully saturated rings. The fraction of sp³-hybridized carbons (Fsp3) is 0.100. The van der Waals surface area contributed by atoms with Gasteiger partial charge in [-0.3, -0.25) is 0 Å². The molecule has 0 aliphatic heterocycles. The Labute approximate surface area is 143 Å². The van der Waals surface area contributed by atoms with Crippen molar-refractivity contribution in [2.24, 2.45) is 0 Å². The molecule has 0 heterocycles. The van der Waals surface area contributed by atoms with Gasteiger partial charge in [-0.05, 0) is 47.9 Å². The second-order valence-electron chi connectivity index (χ2n) is 5.66. The van der Waals surface area contributed by atoms with Crippen LogP contribution in [0.1, 0.15) is 16.7 Å². The Morgan fingerprint density at radius 2 is 1.44 bits per heavy atom. The van der Waals surface area contributed by atoms with E-state index in [-0.39, 0.29) is 11.4 Å². The van der Waals surface area contributed by atoms with Crippen molar-refractivity contribution >= 4 is 5.69 Å². The molecule has 2 nitrogen and oxygen atoms in total. The van der Waals surface area contributed by atoms with Crippen molar-refractivity contribution < 1.29 is 17.9 Å². The predicted molar refractivity (Wildman–Crippen MR) is 91.6 cm³/mol. The third-order valence-electron chi connectivity index (χ3n) is 3.71. The minimum Gasteiger partial charge on any atom is -0.457 e. The first-order chi connectivity index (χ1) is 11.9. The van der Waals surface area contributed by atoms with Crippen molar-refractivity contribution in [3.8, 4) is 11.5 Å². The normalized spacial score (nSPS) is 11.3. The van der Waals surface area contributed by atoms with Crippen LogP contribution in [0.5, 0.6) is 11.5 Å². The van der Waals surface area contributed by atoms with Gasteiger partial charge in [0.15, 0.2) is 0 Å². The van der Waals surface area contributed by atoms with Crippen LogP contribution in [0, 0.1) is 0 Å². The molecule has 128 valence electrons. The second kappa shape index (κ2) is 6.89. The van der Waals surface area contributed by atoms with Gasteiger partial charge in [-0.15, -0.1) is 0 Å². The zero-order chi connectivity index (χ0) is 17.9. The van der Waals surface area contributed by atoms with E-state index in [2.05, 4.69) is 0 Å². The van der Waals surface area contributed by atoms with E-state index in [0.717, 1.165) is 23.6 Å². The maximum atomic E-state index is 13.1. The molecule has 0 saturated heterocycles. The molecule has 0 radical (unpaired) electrons. The number of hydrogen-bond donors (Lipinski definition) is 1. The van der Waals surface area contributed by atoms with Crippen LogP contribution in [0.15, 0.2) is 72.8 Å². The lowest BCUT2D eigenvalue weighted by molar-refractivity contribution is -0.138. The number of halogens is 3. The smallest absolute Gasteiger partial charge is 0.420 e. The molecule has 0 unspecified atom stereocenters. The summed E-state index contributed by atoms with van der Waals surface area (Å²) in [5.41, 5.74) is 6.82. The first-order valence-corrected chi connectivity index (χ1v) is 7.69. The molecule has 0 saturated carbocycles. The maximum absolute atomic E-state index is 13.1. The molecule has 0 bridgehead atoms. The molecule has 0 aliphatic carbocycles. The number of nitrogens with two attached hydrogens (primary N) is 1. The predicted octanol–water partition coefficient (Wildman–Crippen LogP) is 5.67. The summed E-state index contributed by atoms with van der Waals surface area (Å²) in [6.07, 6.45) is -3.78. The summed E-state index contributed by atoms with van der Waals surface area (Å²) < 4.78 is 44.7. The molecule has 0 spiro atoms. The van der Waals surface area contributed by atoms with Crippen LogP contribution in [-0.2, 0) is 12.6 Å². The zero-order valence-electron chi connectivity index (χ0n) is 13.3. The maximum Gasteiger partial charge on any atom is 0.420 e. The number of alkyl halides is 3. The number of hydrogen-bond acceptors (Lipinski definition) is 2. The van der Waals surface area contributed by atoms with Crippen molar-refractivity contribution in [2.45, 2.75) is 12.6 Å². The Balaban J connectivity index is 1.78. The van der Waals surface area contributed by atoms with Crippen molar-refractivity contribution in [1.29, 1.82) is 0 Å². The van der Waals surface area contributed by atoms with Gasteiger partial charge in [0.25, 0.3) is 0 Å². The van der Waals surface area contributed by atoms with Gasteiger partial charge in [0.1, 0.15) is 17.1 Å². The lowest BCUT2D eigenvalue weighted by Crippen LogP contribution is -2.08. The quantitative estimate of drug-likeness (QED) is 0.619. The Hall–Kier alpha value is -2.95. The Bertz CT molecular complexity index is 843. The lowest BCUT2D eigenvalue weighted by atomic mass is 10.1. The van der Waals surface area contributed by atoms with E-state index < -0.39 is 11.7 Å². The molecule has 3 rings (SSSR count). The van der Waals surface area contributed by atoms with E-state index in [1.165, 1.54) is 12.1 Å². The fourth-order valence-corrected chi connectivity index (χ4v) is 2.49. The highest BCUT2D eigenvalue weighted by Gasteiger charge is 2.34. The Kier molecular flexibility index (Phi) is 4.65. The number of nitrogen functional groups attached to an aromatic ring is 1. The molecule has 2 N–H and O–H groups in total. The van der Waals surface area contributed by atoms with Gasteiger partial charge in [-0.1, -0.05) is 42.5 Å². The minimum atomic E-state index is -4.53. The topological polar surface area (TPSA) is 35.2 Å². The summed E-state index contributed by atoms with van der Waals surface area (Å²) in [4.78, 5) is 0. The monoisotopic (exact) mass is 343 g/mol. The van der Waals surface area contributed by atoms with Gasteiger partial charge in [0.05, 0.1) is 0 Å². The molecule has 3 aromatic rings. The highest BCUT2D eigenvalue weighted by atomic mass is 19.4. The molecule has 0 atom stereocenters. The first-order valence-electron chi connectivity index (χ1n) is 7.69. The van der Waals surface area contributed by atoms with Crippen LogP contribution in [0.3, 0.4) is 0 Å². The van der Waals surface area contributed by atoms with Gasteiger partial charge < -0.3 is 10.5 Å². The molecular formula is C20H16F3NO. The van der Waals surface area contributed by atoms with E-state index in [4.69, 9.17) is 10.5 Å². The molecular weight excluding hydrogens is 327 g/mol. The number of anilines is 1. The first kappa shape index (κ1) is 16.9. The van der Waals surface area contributed by atoms with Crippen LogP contribution in [0.4, 0.5) is 18.9 Å². The van der Waals surface area contributed by atoms with Gasteiger partial charge in [-0.2, -0.15) is 13.2 Å². The highest BCUT2D eigenvalue weighted by Crippen LogP contribution is 2.39. The molecule has 3 aromatic carbocycles. The van der Waals surface area contributed by atoms with Crippen LogP contribution >= 0.6 is 0 Å². The average Bonchev–Trinajstić information content (AvgIpc) is 2.58. The van der Waals surface area contributed by atoms with E-state index in [9.17, 15) is 13.2 Å². The van der Waals surface area contributed by atoms with Gasteiger partial charge in [-0.25, -0.2) is 0 Å².